The molecule has 0 saturated heterocycles. The van der Waals surface area contributed by atoms with Gasteiger partial charge in [0.15, 0.2) is 5.17 Å². The van der Waals surface area contributed by atoms with Gasteiger partial charge >= 0.3 is 0 Å². The highest BCUT2D eigenvalue weighted by Gasteiger charge is 2.20. The van der Waals surface area contributed by atoms with Gasteiger partial charge in [0.2, 0.25) is 0 Å². The fourth-order valence-corrected chi connectivity index (χ4v) is 2.19. The summed E-state index contributed by atoms with van der Waals surface area (Å²) >= 11 is 1.84. The van der Waals surface area contributed by atoms with Crippen LogP contribution in [0.1, 0.15) is 27.2 Å². The number of ether oxygens (including phenoxy) is 1. The Kier molecular flexibility index (Phi) is 4.93. The molecule has 0 aromatic heterocycles. The number of methoxy groups -OCH3 is 1. The lowest BCUT2D eigenvalue weighted by molar-refractivity contribution is 0.153. The molecule has 0 aromatic rings. The third-order valence-electron chi connectivity index (χ3n) is 2.51. The van der Waals surface area contributed by atoms with Gasteiger partial charge in [-0.15, -0.1) is 0 Å². The molecule has 1 unspecified atom stereocenters. The summed E-state index contributed by atoms with van der Waals surface area (Å²) in [6.07, 6.45) is 1.07. The molecule has 0 saturated carbocycles. The van der Waals surface area contributed by atoms with Crippen molar-refractivity contribution in [2.24, 2.45) is 10.4 Å². The molecule has 0 spiro atoms. The maximum atomic E-state index is 5.10. The van der Waals surface area contributed by atoms with E-state index < -0.39 is 0 Å². The van der Waals surface area contributed by atoms with Crippen LogP contribution in [0.5, 0.6) is 0 Å². The van der Waals surface area contributed by atoms with E-state index in [0.29, 0.717) is 5.25 Å². The molecule has 1 aliphatic rings. The number of aliphatic imine (C=N–C) groups is 1. The zero-order valence-corrected chi connectivity index (χ0v) is 11.0. The van der Waals surface area contributed by atoms with Crippen molar-refractivity contribution in [2.45, 2.75) is 32.4 Å². The highest BCUT2D eigenvalue weighted by Crippen LogP contribution is 2.22. The van der Waals surface area contributed by atoms with E-state index in [1.54, 1.807) is 7.11 Å². The minimum Gasteiger partial charge on any atom is -0.385 e. The van der Waals surface area contributed by atoms with E-state index in [1.165, 1.54) is 0 Å². The molecule has 0 fully saturated rings. The largest absolute Gasteiger partial charge is 0.385 e. The van der Waals surface area contributed by atoms with E-state index in [2.05, 4.69) is 31.1 Å². The number of thioether (sulfide) groups is 1. The van der Waals surface area contributed by atoms with Crippen molar-refractivity contribution in [1.29, 1.82) is 0 Å². The van der Waals surface area contributed by atoms with Crippen LogP contribution < -0.4 is 5.32 Å². The van der Waals surface area contributed by atoms with Gasteiger partial charge in [-0.1, -0.05) is 32.5 Å². The molecule has 3 nitrogen and oxygen atoms in total. The topological polar surface area (TPSA) is 33.6 Å². The maximum absolute atomic E-state index is 5.10. The lowest BCUT2D eigenvalue weighted by Gasteiger charge is -2.24. The minimum absolute atomic E-state index is 0.269. The number of hydrogen-bond donors (Lipinski definition) is 1. The van der Waals surface area contributed by atoms with E-state index >= 15 is 0 Å². The van der Waals surface area contributed by atoms with Crippen molar-refractivity contribution in [3.8, 4) is 0 Å². The summed E-state index contributed by atoms with van der Waals surface area (Å²) in [4.78, 5) is 4.44. The molecule has 4 heteroatoms. The van der Waals surface area contributed by atoms with E-state index in [-0.39, 0.29) is 5.41 Å². The van der Waals surface area contributed by atoms with Gasteiger partial charge in [-0.05, 0) is 11.8 Å². The third-order valence-corrected chi connectivity index (χ3v) is 3.55. The average Bonchev–Trinajstić information content (AvgIpc) is 2.59. The monoisotopic (exact) mass is 230 g/mol. The first kappa shape index (κ1) is 12.8. The van der Waals surface area contributed by atoms with Crippen molar-refractivity contribution in [2.75, 3.05) is 26.8 Å². The molecule has 0 aliphatic carbocycles. The van der Waals surface area contributed by atoms with Crippen LogP contribution in [0.15, 0.2) is 4.99 Å². The van der Waals surface area contributed by atoms with Crippen LogP contribution in [0.2, 0.25) is 0 Å². The summed E-state index contributed by atoms with van der Waals surface area (Å²) in [5, 5.41) is 5.16. The summed E-state index contributed by atoms with van der Waals surface area (Å²) < 4.78 is 5.10. The quantitative estimate of drug-likeness (QED) is 0.785. The molecule has 1 rings (SSSR count). The molecule has 1 heterocycles. The zero-order chi connectivity index (χ0) is 11.3. The summed E-state index contributed by atoms with van der Waals surface area (Å²) in [6.45, 7) is 9.45. The second kappa shape index (κ2) is 5.75. The predicted molar refractivity (Wildman–Crippen MR) is 67.6 cm³/mol. The Bertz CT molecular complexity index is 229. The van der Waals surface area contributed by atoms with E-state index in [4.69, 9.17) is 4.74 Å². The Hall–Kier alpha value is -0.220. The second-order valence-corrected chi connectivity index (χ2v) is 6.26. The fourth-order valence-electron chi connectivity index (χ4n) is 1.36. The van der Waals surface area contributed by atoms with E-state index in [1.807, 2.05) is 11.8 Å². The van der Waals surface area contributed by atoms with Gasteiger partial charge in [0.1, 0.15) is 0 Å². The van der Waals surface area contributed by atoms with Gasteiger partial charge in [-0.2, -0.15) is 0 Å². The standard InChI is InChI=1S/C11H22N2OS/c1-9-7-12-10(15-9)13-8-11(2,3)5-6-14-4/h9H,5-8H2,1-4H3,(H,12,13). The smallest absolute Gasteiger partial charge is 0.156 e. The molecule has 0 radical (unpaired) electrons. The number of nitrogens with one attached hydrogen (secondary N) is 1. The maximum Gasteiger partial charge on any atom is 0.156 e. The van der Waals surface area contributed by atoms with Gasteiger partial charge in [-0.25, -0.2) is 0 Å². The SMILES string of the molecule is COCCC(C)(C)CNC1=NCC(C)S1. The Morgan fingerprint density at radius 2 is 2.33 bits per heavy atom. The molecule has 0 bridgehead atoms. The van der Waals surface area contributed by atoms with Crippen molar-refractivity contribution in [3.05, 3.63) is 0 Å². The van der Waals surface area contributed by atoms with Crippen LogP contribution in [0, 0.1) is 5.41 Å². The minimum atomic E-state index is 0.269. The molecule has 1 atom stereocenters. The number of nitrogens with zero attached hydrogens (tertiary/aromatic N) is 1. The Morgan fingerprint density at radius 1 is 1.60 bits per heavy atom. The summed E-state index contributed by atoms with van der Waals surface area (Å²) in [7, 11) is 1.75. The van der Waals surface area contributed by atoms with Crippen molar-refractivity contribution in [3.63, 3.8) is 0 Å². The zero-order valence-electron chi connectivity index (χ0n) is 10.2. The number of amidine groups is 1. The Balaban J connectivity index is 2.23. The van der Waals surface area contributed by atoms with Gasteiger partial charge < -0.3 is 10.1 Å². The van der Waals surface area contributed by atoms with Crippen molar-refractivity contribution >= 4 is 16.9 Å². The first-order chi connectivity index (χ1) is 7.03. The number of rotatable bonds is 5. The van der Waals surface area contributed by atoms with Crippen LogP contribution in [-0.4, -0.2) is 37.2 Å². The highest BCUT2D eigenvalue weighted by molar-refractivity contribution is 8.14. The van der Waals surface area contributed by atoms with Crippen LogP contribution in [-0.2, 0) is 4.74 Å². The molecule has 88 valence electrons. The number of hydrogen-bond acceptors (Lipinski definition) is 4. The van der Waals surface area contributed by atoms with E-state index in [0.717, 1.165) is 31.3 Å². The molecule has 0 amide bonds. The molecule has 1 aliphatic heterocycles. The van der Waals surface area contributed by atoms with Gasteiger partial charge in [-0.3, -0.25) is 4.99 Å². The Labute approximate surface area is 97.1 Å². The van der Waals surface area contributed by atoms with Crippen LogP contribution in [0.25, 0.3) is 0 Å². The molecular weight excluding hydrogens is 208 g/mol. The lowest BCUT2D eigenvalue weighted by atomic mass is 9.90. The Morgan fingerprint density at radius 3 is 2.87 bits per heavy atom. The first-order valence-corrected chi connectivity index (χ1v) is 6.35. The lowest BCUT2D eigenvalue weighted by Crippen LogP contribution is -2.32. The van der Waals surface area contributed by atoms with Crippen molar-refractivity contribution in [1.82, 2.24) is 5.32 Å². The average molecular weight is 230 g/mol. The van der Waals surface area contributed by atoms with Gasteiger partial charge in [0.05, 0.1) is 6.54 Å². The molecule has 15 heavy (non-hydrogen) atoms. The molecule has 1 N–H and O–H groups in total. The first-order valence-electron chi connectivity index (χ1n) is 5.47. The van der Waals surface area contributed by atoms with Crippen LogP contribution >= 0.6 is 11.8 Å². The van der Waals surface area contributed by atoms with Crippen LogP contribution in [0.4, 0.5) is 0 Å². The molecular formula is C11H22N2OS. The summed E-state index contributed by atoms with van der Waals surface area (Å²) in [5.41, 5.74) is 0.269. The third kappa shape index (κ3) is 4.89. The summed E-state index contributed by atoms with van der Waals surface area (Å²) in [6, 6.07) is 0. The molecule has 0 aromatic carbocycles. The predicted octanol–water partition coefficient (Wildman–Crippen LogP) is 2.13. The van der Waals surface area contributed by atoms with Crippen molar-refractivity contribution < 1.29 is 4.74 Å². The highest BCUT2D eigenvalue weighted by atomic mass is 32.2. The van der Waals surface area contributed by atoms with Gasteiger partial charge in [0, 0.05) is 25.5 Å². The van der Waals surface area contributed by atoms with Crippen LogP contribution in [0.3, 0.4) is 0 Å². The van der Waals surface area contributed by atoms with E-state index in [9.17, 15) is 0 Å². The normalized spacial score (nSPS) is 21.6. The fraction of sp³-hybridized carbons (Fsp3) is 0.909. The summed E-state index contributed by atoms with van der Waals surface area (Å²) in [5.74, 6) is 0. The second-order valence-electron chi connectivity index (χ2n) is 4.83. The van der Waals surface area contributed by atoms with Gasteiger partial charge in [0.25, 0.3) is 0 Å².